The third-order valence-electron chi connectivity index (χ3n) is 4.54. The number of hydrogen-bond donors (Lipinski definition) is 0. The number of amides is 1. The highest BCUT2D eigenvalue weighted by Gasteiger charge is 2.27. The minimum atomic E-state index is -0.825. The Morgan fingerprint density at radius 1 is 0.963 bits per heavy atom. The van der Waals surface area contributed by atoms with Gasteiger partial charge in [0.1, 0.15) is 5.75 Å². The van der Waals surface area contributed by atoms with E-state index in [2.05, 4.69) is 6.07 Å². The SMILES string of the molecule is CC(C)Oc1ccc(C(=O)OC(C)C(=O)N2CCc3ccccc3C2)cc1. The number of fused-ring (bicyclic) bond motifs is 1. The molecule has 1 amide bonds. The summed E-state index contributed by atoms with van der Waals surface area (Å²) in [6.07, 6.45) is 0.0596. The minimum Gasteiger partial charge on any atom is -0.491 e. The summed E-state index contributed by atoms with van der Waals surface area (Å²) < 4.78 is 11.0. The van der Waals surface area contributed by atoms with E-state index < -0.39 is 12.1 Å². The molecule has 0 bridgehead atoms. The van der Waals surface area contributed by atoms with E-state index in [0.717, 1.165) is 12.0 Å². The molecule has 5 heteroatoms. The quantitative estimate of drug-likeness (QED) is 0.758. The molecule has 0 N–H and O–H groups in total. The van der Waals surface area contributed by atoms with E-state index in [1.165, 1.54) is 5.56 Å². The van der Waals surface area contributed by atoms with Crippen molar-refractivity contribution in [1.29, 1.82) is 0 Å². The van der Waals surface area contributed by atoms with E-state index in [1.807, 2.05) is 32.0 Å². The van der Waals surface area contributed by atoms with Gasteiger partial charge in [-0.15, -0.1) is 0 Å². The number of carbonyl (C=O) groups excluding carboxylic acids is 2. The molecule has 1 atom stereocenters. The summed E-state index contributed by atoms with van der Waals surface area (Å²) in [4.78, 5) is 26.8. The van der Waals surface area contributed by atoms with E-state index in [0.29, 0.717) is 24.4 Å². The van der Waals surface area contributed by atoms with Crippen LogP contribution in [0, 0.1) is 0 Å². The van der Waals surface area contributed by atoms with Crippen LogP contribution >= 0.6 is 0 Å². The standard InChI is InChI=1S/C22H25NO4/c1-15(2)26-20-10-8-18(9-11-20)22(25)27-16(3)21(24)23-13-12-17-6-4-5-7-19(17)14-23/h4-11,15-16H,12-14H2,1-3H3. The Hall–Kier alpha value is -2.82. The zero-order valence-electron chi connectivity index (χ0n) is 16.0. The number of esters is 1. The second-order valence-electron chi connectivity index (χ2n) is 7.02. The smallest absolute Gasteiger partial charge is 0.338 e. The fourth-order valence-corrected chi connectivity index (χ4v) is 3.16. The molecule has 1 heterocycles. The van der Waals surface area contributed by atoms with Gasteiger partial charge in [0.25, 0.3) is 5.91 Å². The Labute approximate surface area is 159 Å². The largest absolute Gasteiger partial charge is 0.491 e. The molecular formula is C22H25NO4. The van der Waals surface area contributed by atoms with Gasteiger partial charge in [0.2, 0.25) is 0 Å². The van der Waals surface area contributed by atoms with Crippen LogP contribution in [-0.4, -0.2) is 35.5 Å². The molecule has 0 saturated heterocycles. The van der Waals surface area contributed by atoms with Gasteiger partial charge in [-0.1, -0.05) is 24.3 Å². The molecule has 2 aromatic rings. The predicted molar refractivity (Wildman–Crippen MR) is 103 cm³/mol. The molecule has 0 fully saturated rings. The van der Waals surface area contributed by atoms with E-state index in [-0.39, 0.29) is 12.0 Å². The molecule has 3 rings (SSSR count). The van der Waals surface area contributed by atoms with Gasteiger partial charge in [-0.2, -0.15) is 0 Å². The van der Waals surface area contributed by atoms with E-state index in [1.54, 1.807) is 36.1 Å². The average molecular weight is 367 g/mol. The predicted octanol–water partition coefficient (Wildman–Crippen LogP) is 3.60. The Morgan fingerprint density at radius 2 is 1.63 bits per heavy atom. The zero-order valence-corrected chi connectivity index (χ0v) is 16.0. The first-order valence-electron chi connectivity index (χ1n) is 9.27. The van der Waals surface area contributed by atoms with Crippen molar-refractivity contribution in [1.82, 2.24) is 4.90 Å². The van der Waals surface area contributed by atoms with Crippen LogP contribution in [-0.2, 0) is 22.5 Å². The van der Waals surface area contributed by atoms with Crippen LogP contribution in [0.5, 0.6) is 5.75 Å². The van der Waals surface area contributed by atoms with Crippen LogP contribution in [0.1, 0.15) is 42.3 Å². The van der Waals surface area contributed by atoms with Crippen LogP contribution < -0.4 is 4.74 Å². The van der Waals surface area contributed by atoms with Gasteiger partial charge < -0.3 is 14.4 Å². The molecule has 27 heavy (non-hydrogen) atoms. The highest BCUT2D eigenvalue weighted by atomic mass is 16.5. The van der Waals surface area contributed by atoms with E-state index in [9.17, 15) is 9.59 Å². The Morgan fingerprint density at radius 3 is 2.30 bits per heavy atom. The molecule has 0 saturated carbocycles. The Bertz CT molecular complexity index is 813. The third kappa shape index (κ3) is 4.67. The van der Waals surface area contributed by atoms with E-state index in [4.69, 9.17) is 9.47 Å². The summed E-state index contributed by atoms with van der Waals surface area (Å²) in [5, 5.41) is 0. The molecule has 2 aromatic carbocycles. The molecule has 1 aliphatic rings. The number of nitrogens with zero attached hydrogens (tertiary/aromatic N) is 1. The van der Waals surface area contributed by atoms with E-state index >= 15 is 0 Å². The van der Waals surface area contributed by atoms with Gasteiger partial charge in [-0.25, -0.2) is 4.79 Å². The maximum atomic E-state index is 12.7. The highest BCUT2D eigenvalue weighted by molar-refractivity contribution is 5.92. The van der Waals surface area contributed by atoms with Crippen molar-refractivity contribution in [2.24, 2.45) is 0 Å². The number of carbonyl (C=O) groups is 2. The maximum Gasteiger partial charge on any atom is 0.338 e. The molecule has 1 aliphatic heterocycles. The van der Waals surface area contributed by atoms with Crippen molar-refractivity contribution in [3.8, 4) is 5.75 Å². The molecule has 0 radical (unpaired) electrons. The second-order valence-corrected chi connectivity index (χ2v) is 7.02. The summed E-state index contributed by atoms with van der Waals surface area (Å²) in [5.41, 5.74) is 2.82. The van der Waals surface area contributed by atoms with Crippen LogP contribution in [0.2, 0.25) is 0 Å². The minimum absolute atomic E-state index is 0.0649. The lowest BCUT2D eigenvalue weighted by molar-refractivity contribution is -0.140. The van der Waals surface area contributed by atoms with Gasteiger partial charge in [0.05, 0.1) is 11.7 Å². The first-order valence-corrected chi connectivity index (χ1v) is 9.27. The van der Waals surface area contributed by atoms with Gasteiger partial charge in [0, 0.05) is 13.1 Å². The summed E-state index contributed by atoms with van der Waals surface area (Å²) in [6, 6.07) is 14.9. The molecule has 142 valence electrons. The van der Waals surface area contributed by atoms with Crippen molar-refractivity contribution in [3.05, 3.63) is 65.2 Å². The highest BCUT2D eigenvalue weighted by Crippen LogP contribution is 2.20. The molecule has 0 aliphatic carbocycles. The fourth-order valence-electron chi connectivity index (χ4n) is 3.16. The van der Waals surface area contributed by atoms with Gasteiger partial charge >= 0.3 is 5.97 Å². The number of hydrogen-bond acceptors (Lipinski definition) is 4. The van der Waals surface area contributed by atoms with Crippen molar-refractivity contribution in [3.63, 3.8) is 0 Å². The number of rotatable bonds is 5. The normalized spacial score (nSPS) is 14.4. The average Bonchev–Trinajstić information content (AvgIpc) is 2.67. The fraction of sp³-hybridized carbons (Fsp3) is 0.364. The lowest BCUT2D eigenvalue weighted by Crippen LogP contribution is -2.42. The summed E-state index contributed by atoms with van der Waals surface area (Å²) in [5.74, 6) is 0.0135. The number of benzene rings is 2. The van der Waals surface area contributed by atoms with Gasteiger partial charge in [-0.3, -0.25) is 4.79 Å². The lowest BCUT2D eigenvalue weighted by Gasteiger charge is -2.30. The monoisotopic (exact) mass is 367 g/mol. The van der Waals surface area contributed by atoms with Crippen molar-refractivity contribution in [2.45, 2.75) is 45.9 Å². The zero-order chi connectivity index (χ0) is 19.4. The molecule has 0 aromatic heterocycles. The molecule has 5 nitrogen and oxygen atoms in total. The van der Waals surface area contributed by atoms with Crippen LogP contribution in [0.15, 0.2) is 48.5 Å². The van der Waals surface area contributed by atoms with Gasteiger partial charge in [0.15, 0.2) is 6.10 Å². The molecular weight excluding hydrogens is 342 g/mol. The maximum absolute atomic E-state index is 12.7. The molecule has 1 unspecified atom stereocenters. The summed E-state index contributed by atoms with van der Waals surface area (Å²) >= 11 is 0. The van der Waals surface area contributed by atoms with Crippen molar-refractivity contribution in [2.75, 3.05) is 6.54 Å². The Kier molecular flexibility index (Phi) is 5.79. The van der Waals surface area contributed by atoms with Crippen LogP contribution in [0.4, 0.5) is 0 Å². The van der Waals surface area contributed by atoms with Gasteiger partial charge in [-0.05, 0) is 62.6 Å². The topological polar surface area (TPSA) is 55.8 Å². The van der Waals surface area contributed by atoms with Crippen LogP contribution in [0.25, 0.3) is 0 Å². The van der Waals surface area contributed by atoms with Crippen molar-refractivity contribution < 1.29 is 19.1 Å². The second kappa shape index (κ2) is 8.25. The third-order valence-corrected chi connectivity index (χ3v) is 4.54. The molecule has 0 spiro atoms. The first kappa shape index (κ1) is 19.0. The number of ether oxygens (including phenoxy) is 2. The summed E-state index contributed by atoms with van der Waals surface area (Å²) in [6.45, 7) is 6.69. The summed E-state index contributed by atoms with van der Waals surface area (Å²) in [7, 11) is 0. The van der Waals surface area contributed by atoms with Crippen LogP contribution in [0.3, 0.4) is 0 Å². The van der Waals surface area contributed by atoms with Crippen molar-refractivity contribution >= 4 is 11.9 Å². The Balaban J connectivity index is 1.59. The first-order chi connectivity index (χ1) is 12.9. The lowest BCUT2D eigenvalue weighted by atomic mass is 9.99.